The number of aliphatic hydroxyl groups excluding tert-OH is 1. The Balaban J connectivity index is 2.34. The highest BCUT2D eigenvalue weighted by atomic mass is 16.3. The van der Waals surface area contributed by atoms with E-state index in [2.05, 4.69) is 0 Å². The van der Waals surface area contributed by atoms with Crippen LogP contribution in [0.1, 0.15) is 33.1 Å². The van der Waals surface area contributed by atoms with Gasteiger partial charge in [0.1, 0.15) is 0 Å². The molecule has 1 aliphatic rings. The van der Waals surface area contributed by atoms with Crippen LogP contribution in [0.3, 0.4) is 0 Å². The molecule has 88 valence electrons. The molecular weight excluding hydrogens is 192 g/mol. The Morgan fingerprint density at radius 1 is 1.47 bits per heavy atom. The summed E-state index contributed by atoms with van der Waals surface area (Å²) in [6.45, 7) is 5.20. The number of amides is 1. The van der Waals surface area contributed by atoms with Crippen LogP contribution in [-0.2, 0) is 4.79 Å². The molecule has 1 heterocycles. The molecule has 0 aromatic heterocycles. The molecule has 15 heavy (non-hydrogen) atoms. The van der Waals surface area contributed by atoms with Crippen molar-refractivity contribution >= 4 is 5.91 Å². The maximum atomic E-state index is 11.7. The molecule has 4 heteroatoms. The average Bonchev–Trinajstić information content (AvgIpc) is 2.17. The Morgan fingerprint density at radius 2 is 2.00 bits per heavy atom. The molecule has 0 spiro atoms. The van der Waals surface area contributed by atoms with E-state index < -0.39 is 0 Å². The number of carbonyl (C=O) groups is 1. The van der Waals surface area contributed by atoms with Crippen LogP contribution in [0.15, 0.2) is 0 Å². The van der Waals surface area contributed by atoms with Crippen molar-refractivity contribution in [1.82, 2.24) is 4.90 Å². The van der Waals surface area contributed by atoms with Crippen molar-refractivity contribution in [3.63, 3.8) is 0 Å². The summed E-state index contributed by atoms with van der Waals surface area (Å²) in [6, 6.07) is -0.0630. The smallest absolute Gasteiger partial charge is 0.224 e. The minimum Gasteiger partial charge on any atom is -0.393 e. The van der Waals surface area contributed by atoms with Crippen LogP contribution in [-0.4, -0.2) is 41.1 Å². The lowest BCUT2D eigenvalue weighted by atomic mass is 9.92. The third kappa shape index (κ3) is 3.80. The standard InChI is InChI=1S/C11H22N2O2/c1-8(12)7-11(15)13-5-3-10(4-6-13)9(2)14/h8-10,14H,3-7,12H2,1-2H3. The Bertz CT molecular complexity index is 209. The van der Waals surface area contributed by atoms with Gasteiger partial charge in [0, 0.05) is 25.6 Å². The van der Waals surface area contributed by atoms with Crippen LogP contribution in [0, 0.1) is 5.92 Å². The van der Waals surface area contributed by atoms with Gasteiger partial charge in [-0.15, -0.1) is 0 Å². The van der Waals surface area contributed by atoms with Crippen molar-refractivity contribution in [2.75, 3.05) is 13.1 Å². The molecule has 1 fully saturated rings. The van der Waals surface area contributed by atoms with E-state index >= 15 is 0 Å². The lowest BCUT2D eigenvalue weighted by Gasteiger charge is -2.33. The molecule has 0 bridgehead atoms. The normalized spacial score (nSPS) is 22.5. The van der Waals surface area contributed by atoms with E-state index in [0.29, 0.717) is 12.3 Å². The van der Waals surface area contributed by atoms with Gasteiger partial charge in [0.25, 0.3) is 0 Å². The molecule has 0 aliphatic carbocycles. The van der Waals surface area contributed by atoms with Gasteiger partial charge in [0.2, 0.25) is 5.91 Å². The summed E-state index contributed by atoms with van der Waals surface area (Å²) in [5.74, 6) is 0.499. The largest absolute Gasteiger partial charge is 0.393 e. The SMILES string of the molecule is CC(N)CC(=O)N1CCC(C(C)O)CC1. The highest BCUT2D eigenvalue weighted by molar-refractivity contribution is 5.76. The van der Waals surface area contributed by atoms with Crippen LogP contribution in [0.5, 0.6) is 0 Å². The molecule has 2 unspecified atom stereocenters. The minimum atomic E-state index is -0.254. The number of likely N-dealkylation sites (tertiary alicyclic amines) is 1. The number of piperidine rings is 1. The fourth-order valence-corrected chi connectivity index (χ4v) is 2.04. The molecule has 1 saturated heterocycles. The molecule has 2 atom stereocenters. The van der Waals surface area contributed by atoms with Crippen molar-refractivity contribution in [2.24, 2.45) is 11.7 Å². The van der Waals surface area contributed by atoms with Gasteiger partial charge in [-0.2, -0.15) is 0 Å². The predicted octanol–water partition coefficient (Wildman–Crippen LogP) is 0.343. The molecule has 1 amide bonds. The van der Waals surface area contributed by atoms with Crippen molar-refractivity contribution in [3.8, 4) is 0 Å². The van der Waals surface area contributed by atoms with Crippen LogP contribution in [0.25, 0.3) is 0 Å². The molecule has 3 N–H and O–H groups in total. The number of carbonyl (C=O) groups excluding carboxylic acids is 1. The fraction of sp³-hybridized carbons (Fsp3) is 0.909. The van der Waals surface area contributed by atoms with E-state index in [1.54, 1.807) is 0 Å². The van der Waals surface area contributed by atoms with E-state index in [9.17, 15) is 9.90 Å². The topological polar surface area (TPSA) is 66.6 Å². The number of nitrogens with two attached hydrogens (primary N) is 1. The third-order valence-corrected chi connectivity index (χ3v) is 3.07. The second kappa shape index (κ2) is 5.47. The first-order valence-electron chi connectivity index (χ1n) is 5.72. The van der Waals surface area contributed by atoms with Crippen molar-refractivity contribution < 1.29 is 9.90 Å². The Kier molecular flexibility index (Phi) is 4.54. The maximum Gasteiger partial charge on any atom is 0.224 e. The molecule has 1 aliphatic heterocycles. The molecule has 4 nitrogen and oxygen atoms in total. The van der Waals surface area contributed by atoms with Crippen LogP contribution < -0.4 is 5.73 Å². The molecule has 0 aromatic rings. The summed E-state index contributed by atoms with van der Waals surface area (Å²) >= 11 is 0. The predicted molar refractivity (Wildman–Crippen MR) is 59.3 cm³/mol. The fourth-order valence-electron chi connectivity index (χ4n) is 2.04. The van der Waals surface area contributed by atoms with Crippen LogP contribution >= 0.6 is 0 Å². The van der Waals surface area contributed by atoms with Gasteiger partial charge in [0.05, 0.1) is 6.10 Å². The Labute approximate surface area is 91.4 Å². The summed E-state index contributed by atoms with van der Waals surface area (Å²) in [5, 5.41) is 9.42. The summed E-state index contributed by atoms with van der Waals surface area (Å²) in [5.41, 5.74) is 5.59. The minimum absolute atomic E-state index is 0.0630. The second-order valence-corrected chi connectivity index (χ2v) is 4.64. The quantitative estimate of drug-likeness (QED) is 0.712. The summed E-state index contributed by atoms with van der Waals surface area (Å²) in [4.78, 5) is 13.5. The monoisotopic (exact) mass is 214 g/mol. The zero-order valence-electron chi connectivity index (χ0n) is 9.65. The zero-order chi connectivity index (χ0) is 11.4. The lowest BCUT2D eigenvalue weighted by Crippen LogP contribution is -2.42. The van der Waals surface area contributed by atoms with Crippen molar-refractivity contribution in [3.05, 3.63) is 0 Å². The zero-order valence-corrected chi connectivity index (χ0v) is 9.65. The number of aliphatic hydroxyl groups is 1. The molecular formula is C11H22N2O2. The van der Waals surface area contributed by atoms with Crippen molar-refractivity contribution in [1.29, 1.82) is 0 Å². The van der Waals surface area contributed by atoms with Gasteiger partial charge in [-0.1, -0.05) is 0 Å². The summed E-state index contributed by atoms with van der Waals surface area (Å²) in [6.07, 6.45) is 1.99. The van der Waals surface area contributed by atoms with Gasteiger partial charge in [0.15, 0.2) is 0 Å². The van der Waals surface area contributed by atoms with Gasteiger partial charge < -0.3 is 15.7 Å². The van der Waals surface area contributed by atoms with Gasteiger partial charge in [-0.3, -0.25) is 4.79 Å². The Hall–Kier alpha value is -0.610. The average molecular weight is 214 g/mol. The molecule has 1 rings (SSSR count). The van der Waals surface area contributed by atoms with E-state index in [1.165, 1.54) is 0 Å². The number of hydrogen-bond acceptors (Lipinski definition) is 3. The van der Waals surface area contributed by atoms with E-state index in [4.69, 9.17) is 5.73 Å². The number of rotatable bonds is 3. The highest BCUT2D eigenvalue weighted by Gasteiger charge is 2.25. The first-order valence-corrected chi connectivity index (χ1v) is 5.72. The van der Waals surface area contributed by atoms with E-state index in [0.717, 1.165) is 25.9 Å². The third-order valence-electron chi connectivity index (χ3n) is 3.07. The van der Waals surface area contributed by atoms with E-state index in [-0.39, 0.29) is 18.1 Å². The first-order chi connectivity index (χ1) is 7.00. The second-order valence-electron chi connectivity index (χ2n) is 4.64. The highest BCUT2D eigenvalue weighted by Crippen LogP contribution is 2.20. The number of nitrogens with zero attached hydrogens (tertiary/aromatic N) is 1. The molecule has 0 aromatic carbocycles. The van der Waals surface area contributed by atoms with Crippen molar-refractivity contribution in [2.45, 2.75) is 45.3 Å². The van der Waals surface area contributed by atoms with Gasteiger partial charge in [-0.25, -0.2) is 0 Å². The van der Waals surface area contributed by atoms with Gasteiger partial charge >= 0.3 is 0 Å². The first kappa shape index (κ1) is 12.5. The van der Waals surface area contributed by atoms with Crippen LogP contribution in [0.4, 0.5) is 0 Å². The maximum absolute atomic E-state index is 11.7. The van der Waals surface area contributed by atoms with Gasteiger partial charge in [-0.05, 0) is 32.6 Å². The molecule has 0 radical (unpaired) electrons. The van der Waals surface area contributed by atoms with Crippen LogP contribution in [0.2, 0.25) is 0 Å². The van der Waals surface area contributed by atoms with E-state index in [1.807, 2.05) is 18.7 Å². The lowest BCUT2D eigenvalue weighted by molar-refractivity contribution is -0.133. The Morgan fingerprint density at radius 3 is 2.40 bits per heavy atom. The summed E-state index contributed by atoms with van der Waals surface area (Å²) < 4.78 is 0. The number of hydrogen-bond donors (Lipinski definition) is 2. The summed E-state index contributed by atoms with van der Waals surface area (Å²) in [7, 11) is 0. The molecule has 0 saturated carbocycles.